The van der Waals surface area contributed by atoms with E-state index in [0.717, 1.165) is 18.0 Å². The molecule has 0 amide bonds. The molecule has 0 aliphatic rings. The van der Waals surface area contributed by atoms with Crippen LogP contribution in [0.25, 0.3) is 10.8 Å². The first-order valence-corrected chi connectivity index (χ1v) is 6.27. The Morgan fingerprint density at radius 1 is 1.16 bits per heavy atom. The van der Waals surface area contributed by atoms with E-state index in [9.17, 15) is 0 Å². The number of benzene rings is 1. The van der Waals surface area contributed by atoms with Crippen LogP contribution in [-0.4, -0.2) is 10.1 Å². The fourth-order valence-corrected chi connectivity index (χ4v) is 2.15. The van der Waals surface area contributed by atoms with Gasteiger partial charge in [0.2, 0.25) is 0 Å². The number of aryl methyl sites for hydroxylation is 1. The molecule has 2 heterocycles. The number of hydrogen-bond acceptors (Lipinski definition) is 4. The van der Waals surface area contributed by atoms with Gasteiger partial charge in [-0.15, -0.1) is 0 Å². The Hall–Kier alpha value is -2.20. The van der Waals surface area contributed by atoms with E-state index in [2.05, 4.69) is 27.6 Å². The van der Waals surface area contributed by atoms with E-state index in [-0.39, 0.29) is 0 Å². The molecule has 4 nitrogen and oxygen atoms in total. The first kappa shape index (κ1) is 11.9. The third kappa shape index (κ3) is 2.63. The molecular weight excluding hydrogens is 238 g/mol. The molecule has 0 fully saturated rings. The Morgan fingerprint density at radius 3 is 2.89 bits per heavy atom. The van der Waals surface area contributed by atoms with E-state index in [0.29, 0.717) is 6.54 Å². The Labute approximate surface area is 111 Å². The molecule has 0 aliphatic heterocycles. The highest BCUT2D eigenvalue weighted by molar-refractivity contribution is 5.84. The average Bonchev–Trinajstić information content (AvgIpc) is 2.85. The van der Waals surface area contributed by atoms with Crippen LogP contribution in [0.15, 0.2) is 47.2 Å². The Balaban J connectivity index is 1.71. The molecule has 0 saturated heterocycles. The lowest BCUT2D eigenvalue weighted by Gasteiger charge is -2.06. The summed E-state index contributed by atoms with van der Waals surface area (Å²) in [5.41, 5.74) is 2.11. The Bertz CT molecular complexity index is 685. The number of nitrogens with one attached hydrogen (secondary N) is 1. The summed E-state index contributed by atoms with van der Waals surface area (Å²) in [4.78, 5) is 4.27. The molecule has 0 aliphatic carbocycles. The maximum atomic E-state index is 5.04. The van der Waals surface area contributed by atoms with Crippen molar-refractivity contribution < 1.29 is 4.52 Å². The van der Waals surface area contributed by atoms with Crippen LogP contribution in [0.2, 0.25) is 0 Å². The summed E-state index contributed by atoms with van der Waals surface area (Å²) in [6.07, 6.45) is 3.79. The highest BCUT2D eigenvalue weighted by Crippen LogP contribution is 2.16. The van der Waals surface area contributed by atoms with Crippen molar-refractivity contribution in [2.75, 3.05) is 0 Å². The molecule has 3 rings (SSSR count). The van der Waals surface area contributed by atoms with Gasteiger partial charge in [0.15, 0.2) is 0 Å². The van der Waals surface area contributed by atoms with E-state index in [1.165, 1.54) is 16.3 Å². The maximum Gasteiger partial charge on any atom is 0.133 e. The number of nitrogens with zero attached hydrogens (tertiary/aromatic N) is 2. The van der Waals surface area contributed by atoms with E-state index in [1.54, 1.807) is 0 Å². The summed E-state index contributed by atoms with van der Waals surface area (Å²) in [6.45, 7) is 3.35. The summed E-state index contributed by atoms with van der Waals surface area (Å²) in [5, 5.41) is 9.72. The van der Waals surface area contributed by atoms with Gasteiger partial charge in [-0.05, 0) is 17.9 Å². The maximum absolute atomic E-state index is 5.04. The van der Waals surface area contributed by atoms with Crippen molar-refractivity contribution in [2.24, 2.45) is 0 Å². The molecule has 4 heteroatoms. The summed E-state index contributed by atoms with van der Waals surface area (Å²) in [7, 11) is 0. The van der Waals surface area contributed by atoms with Crippen LogP contribution in [0.1, 0.15) is 17.0 Å². The Kier molecular flexibility index (Phi) is 3.25. The fraction of sp³-hybridized carbons (Fsp3) is 0.200. The SMILES string of the molecule is Cc1cc(CNCc2cncc3ccccc23)no1. The molecule has 19 heavy (non-hydrogen) atoms. The molecule has 2 aromatic heterocycles. The Morgan fingerprint density at radius 2 is 2.05 bits per heavy atom. The second kappa shape index (κ2) is 5.20. The number of pyridine rings is 1. The van der Waals surface area contributed by atoms with Crippen molar-refractivity contribution in [3.63, 3.8) is 0 Å². The zero-order valence-corrected chi connectivity index (χ0v) is 10.8. The highest BCUT2D eigenvalue weighted by Gasteiger charge is 2.02. The number of fused-ring (bicyclic) bond motifs is 1. The molecule has 0 unspecified atom stereocenters. The molecule has 0 radical (unpaired) electrons. The summed E-state index contributed by atoms with van der Waals surface area (Å²) >= 11 is 0. The van der Waals surface area contributed by atoms with Crippen LogP contribution in [0.4, 0.5) is 0 Å². The molecule has 0 saturated carbocycles. The first-order chi connectivity index (χ1) is 9.33. The molecule has 1 aromatic carbocycles. The van der Waals surface area contributed by atoms with E-state index in [4.69, 9.17) is 4.52 Å². The van der Waals surface area contributed by atoms with E-state index < -0.39 is 0 Å². The second-order valence-corrected chi connectivity index (χ2v) is 4.55. The average molecular weight is 253 g/mol. The van der Waals surface area contributed by atoms with Crippen molar-refractivity contribution in [3.8, 4) is 0 Å². The minimum absolute atomic E-state index is 0.695. The summed E-state index contributed by atoms with van der Waals surface area (Å²) in [5.74, 6) is 0.837. The quantitative estimate of drug-likeness (QED) is 0.776. The number of aromatic nitrogens is 2. The van der Waals surface area contributed by atoms with Gasteiger partial charge >= 0.3 is 0 Å². The largest absolute Gasteiger partial charge is 0.361 e. The summed E-state index contributed by atoms with van der Waals surface area (Å²) < 4.78 is 5.04. The van der Waals surface area contributed by atoms with Gasteiger partial charge in [-0.3, -0.25) is 4.98 Å². The molecule has 96 valence electrons. The van der Waals surface area contributed by atoms with E-state index in [1.807, 2.05) is 37.5 Å². The molecule has 0 bridgehead atoms. The van der Waals surface area contributed by atoms with Gasteiger partial charge in [0.05, 0.1) is 5.69 Å². The van der Waals surface area contributed by atoms with Crippen LogP contribution in [0.5, 0.6) is 0 Å². The number of rotatable bonds is 4. The lowest BCUT2D eigenvalue weighted by Crippen LogP contribution is -2.13. The monoisotopic (exact) mass is 253 g/mol. The third-order valence-corrected chi connectivity index (χ3v) is 3.05. The van der Waals surface area contributed by atoms with Crippen molar-refractivity contribution in [1.82, 2.24) is 15.5 Å². The van der Waals surface area contributed by atoms with Gasteiger partial charge in [0.1, 0.15) is 5.76 Å². The highest BCUT2D eigenvalue weighted by atomic mass is 16.5. The topological polar surface area (TPSA) is 51.0 Å². The van der Waals surface area contributed by atoms with Gasteiger partial charge in [-0.1, -0.05) is 29.4 Å². The summed E-state index contributed by atoms with van der Waals surface area (Å²) in [6, 6.07) is 10.2. The molecule has 0 atom stereocenters. The molecular formula is C15H15N3O. The second-order valence-electron chi connectivity index (χ2n) is 4.55. The van der Waals surface area contributed by atoms with Gasteiger partial charge in [-0.25, -0.2) is 0 Å². The van der Waals surface area contributed by atoms with Crippen molar-refractivity contribution in [1.29, 1.82) is 0 Å². The first-order valence-electron chi connectivity index (χ1n) is 6.27. The van der Waals surface area contributed by atoms with Gasteiger partial charge < -0.3 is 9.84 Å². The predicted octanol–water partition coefficient (Wildman–Crippen LogP) is 2.82. The van der Waals surface area contributed by atoms with Crippen molar-refractivity contribution >= 4 is 10.8 Å². The van der Waals surface area contributed by atoms with Crippen LogP contribution >= 0.6 is 0 Å². The van der Waals surface area contributed by atoms with Gasteiger partial charge in [-0.2, -0.15) is 0 Å². The minimum Gasteiger partial charge on any atom is -0.361 e. The van der Waals surface area contributed by atoms with Crippen LogP contribution in [0, 0.1) is 6.92 Å². The predicted molar refractivity (Wildman–Crippen MR) is 73.5 cm³/mol. The van der Waals surface area contributed by atoms with Crippen molar-refractivity contribution in [3.05, 3.63) is 59.7 Å². The molecule has 0 spiro atoms. The third-order valence-electron chi connectivity index (χ3n) is 3.05. The smallest absolute Gasteiger partial charge is 0.133 e. The standard InChI is InChI=1S/C15H15N3O/c1-11-6-14(18-19-11)10-17-9-13-8-16-7-12-4-2-3-5-15(12)13/h2-8,17H,9-10H2,1H3. The van der Waals surface area contributed by atoms with Crippen molar-refractivity contribution in [2.45, 2.75) is 20.0 Å². The number of hydrogen-bond donors (Lipinski definition) is 1. The molecule has 1 N–H and O–H groups in total. The van der Waals surface area contributed by atoms with Crippen LogP contribution in [0.3, 0.4) is 0 Å². The lowest BCUT2D eigenvalue weighted by atomic mass is 10.1. The minimum atomic E-state index is 0.695. The fourth-order valence-electron chi connectivity index (χ4n) is 2.15. The lowest BCUT2D eigenvalue weighted by molar-refractivity contribution is 0.388. The van der Waals surface area contributed by atoms with E-state index >= 15 is 0 Å². The zero-order chi connectivity index (χ0) is 13.1. The van der Waals surface area contributed by atoms with Gasteiger partial charge in [0, 0.05) is 36.9 Å². The van der Waals surface area contributed by atoms with Gasteiger partial charge in [0.25, 0.3) is 0 Å². The van der Waals surface area contributed by atoms with Crippen LogP contribution < -0.4 is 5.32 Å². The van der Waals surface area contributed by atoms with Crippen LogP contribution in [-0.2, 0) is 13.1 Å². The normalized spacial score (nSPS) is 11.0. The zero-order valence-electron chi connectivity index (χ0n) is 10.8. The molecule has 3 aromatic rings.